The molecule has 3 aromatic rings. The summed E-state index contributed by atoms with van der Waals surface area (Å²) in [4.78, 5) is 26.0. The van der Waals surface area contributed by atoms with Crippen molar-refractivity contribution < 1.29 is 4.79 Å². The highest BCUT2D eigenvalue weighted by molar-refractivity contribution is 5.96. The van der Waals surface area contributed by atoms with Crippen molar-refractivity contribution in [1.29, 1.82) is 0 Å². The zero-order chi connectivity index (χ0) is 19.3. The number of hydrogen-bond donors (Lipinski definition) is 1. The lowest BCUT2D eigenvalue weighted by atomic mass is 10.0. The molecule has 2 atom stereocenters. The van der Waals surface area contributed by atoms with Crippen molar-refractivity contribution in [2.45, 2.75) is 13.8 Å². The Morgan fingerprint density at radius 2 is 1.86 bits per heavy atom. The standard InChI is InChI=1S/C19H22N8O/c1-12-18(13(2)24-23-12)19(28)26-9-14-7-25(8-15(14)10-26)16-6-17(21-11-20-16)27-5-3-4-22-27/h3-6,11,14-15H,7-10H2,1-2H3,(H,23,24). The maximum Gasteiger partial charge on any atom is 0.257 e. The molecule has 5 rings (SSSR count). The van der Waals surface area contributed by atoms with Gasteiger partial charge in [-0.25, -0.2) is 14.6 Å². The van der Waals surface area contributed by atoms with Crippen molar-refractivity contribution in [2.75, 3.05) is 31.1 Å². The first-order valence-electron chi connectivity index (χ1n) is 9.48. The number of fused-ring (bicyclic) bond motifs is 1. The van der Waals surface area contributed by atoms with E-state index >= 15 is 0 Å². The van der Waals surface area contributed by atoms with E-state index < -0.39 is 0 Å². The van der Waals surface area contributed by atoms with Crippen molar-refractivity contribution in [2.24, 2.45) is 11.8 Å². The Morgan fingerprint density at radius 1 is 1.11 bits per heavy atom. The molecule has 2 aliphatic heterocycles. The van der Waals surface area contributed by atoms with Gasteiger partial charge >= 0.3 is 0 Å². The number of H-pyrrole nitrogens is 1. The summed E-state index contributed by atoms with van der Waals surface area (Å²) in [6.07, 6.45) is 5.19. The number of nitrogens with one attached hydrogen (secondary N) is 1. The monoisotopic (exact) mass is 378 g/mol. The van der Waals surface area contributed by atoms with Gasteiger partial charge in [-0.05, 0) is 19.9 Å². The fraction of sp³-hybridized carbons (Fsp3) is 0.421. The highest BCUT2D eigenvalue weighted by atomic mass is 16.2. The van der Waals surface area contributed by atoms with Crippen LogP contribution in [0.5, 0.6) is 0 Å². The number of aromatic nitrogens is 6. The molecule has 3 aromatic heterocycles. The molecule has 2 unspecified atom stereocenters. The molecule has 0 aromatic carbocycles. The zero-order valence-corrected chi connectivity index (χ0v) is 15.9. The van der Waals surface area contributed by atoms with Crippen molar-refractivity contribution in [3.63, 3.8) is 0 Å². The molecule has 144 valence electrons. The van der Waals surface area contributed by atoms with E-state index in [4.69, 9.17) is 0 Å². The third kappa shape index (κ3) is 2.74. The van der Waals surface area contributed by atoms with Gasteiger partial charge in [-0.3, -0.25) is 9.89 Å². The summed E-state index contributed by atoms with van der Waals surface area (Å²) in [5.41, 5.74) is 2.33. The van der Waals surface area contributed by atoms with Gasteiger partial charge < -0.3 is 9.80 Å². The Balaban J connectivity index is 1.29. The molecule has 28 heavy (non-hydrogen) atoms. The summed E-state index contributed by atoms with van der Waals surface area (Å²) >= 11 is 0. The summed E-state index contributed by atoms with van der Waals surface area (Å²) in [6, 6.07) is 3.84. The number of carbonyl (C=O) groups is 1. The Morgan fingerprint density at radius 3 is 2.50 bits per heavy atom. The first-order valence-corrected chi connectivity index (χ1v) is 9.48. The van der Waals surface area contributed by atoms with E-state index in [1.165, 1.54) is 0 Å². The number of rotatable bonds is 3. The zero-order valence-electron chi connectivity index (χ0n) is 15.9. The van der Waals surface area contributed by atoms with Gasteiger partial charge in [0.05, 0.1) is 11.3 Å². The third-order valence-electron chi connectivity index (χ3n) is 5.82. The van der Waals surface area contributed by atoms with Gasteiger partial charge in [0.15, 0.2) is 5.82 Å². The van der Waals surface area contributed by atoms with Crippen LogP contribution in [0.4, 0.5) is 5.82 Å². The van der Waals surface area contributed by atoms with Crippen LogP contribution in [-0.2, 0) is 0 Å². The Bertz CT molecular complexity index is 977. The molecule has 0 aliphatic carbocycles. The van der Waals surface area contributed by atoms with Crippen LogP contribution in [0, 0.1) is 25.7 Å². The highest BCUT2D eigenvalue weighted by Crippen LogP contribution is 2.34. The number of aryl methyl sites for hydroxylation is 2. The van der Waals surface area contributed by atoms with Crippen LogP contribution < -0.4 is 4.90 Å². The first-order chi connectivity index (χ1) is 13.6. The van der Waals surface area contributed by atoms with Gasteiger partial charge in [0.2, 0.25) is 0 Å². The predicted octanol–water partition coefficient (Wildman–Crippen LogP) is 1.21. The Kier molecular flexibility index (Phi) is 3.88. The molecule has 5 heterocycles. The van der Waals surface area contributed by atoms with Crippen molar-refractivity contribution >= 4 is 11.7 Å². The quantitative estimate of drug-likeness (QED) is 0.736. The normalized spacial score (nSPS) is 21.4. The van der Waals surface area contributed by atoms with E-state index in [0.717, 1.165) is 54.8 Å². The summed E-state index contributed by atoms with van der Waals surface area (Å²) in [5.74, 6) is 2.68. The molecule has 2 fully saturated rings. The van der Waals surface area contributed by atoms with Crippen LogP contribution in [0.15, 0.2) is 30.9 Å². The van der Waals surface area contributed by atoms with Gasteiger partial charge in [0.25, 0.3) is 5.91 Å². The molecule has 2 saturated heterocycles. The highest BCUT2D eigenvalue weighted by Gasteiger charge is 2.42. The summed E-state index contributed by atoms with van der Waals surface area (Å²) in [7, 11) is 0. The second-order valence-electron chi connectivity index (χ2n) is 7.63. The topological polar surface area (TPSA) is 95.8 Å². The number of anilines is 1. The van der Waals surface area contributed by atoms with E-state index in [0.29, 0.717) is 11.8 Å². The fourth-order valence-electron chi connectivity index (χ4n) is 4.41. The molecule has 0 radical (unpaired) electrons. The number of amides is 1. The molecule has 1 amide bonds. The summed E-state index contributed by atoms with van der Waals surface area (Å²) in [5, 5.41) is 11.3. The van der Waals surface area contributed by atoms with Crippen LogP contribution in [-0.4, -0.2) is 66.9 Å². The van der Waals surface area contributed by atoms with Crippen LogP contribution >= 0.6 is 0 Å². The van der Waals surface area contributed by atoms with Crippen LogP contribution in [0.2, 0.25) is 0 Å². The van der Waals surface area contributed by atoms with E-state index in [1.807, 2.05) is 37.1 Å². The summed E-state index contributed by atoms with van der Waals surface area (Å²) in [6.45, 7) is 7.13. The second kappa shape index (κ2) is 6.43. The molecule has 0 bridgehead atoms. The van der Waals surface area contributed by atoms with E-state index in [2.05, 4.69) is 30.2 Å². The molecular weight excluding hydrogens is 356 g/mol. The Hall–Kier alpha value is -3.23. The van der Waals surface area contributed by atoms with Crippen molar-refractivity contribution in [3.8, 4) is 5.82 Å². The van der Waals surface area contributed by atoms with Crippen LogP contribution in [0.1, 0.15) is 21.7 Å². The van der Waals surface area contributed by atoms with E-state index in [1.54, 1.807) is 17.2 Å². The minimum Gasteiger partial charge on any atom is -0.356 e. The molecular formula is C19H22N8O. The van der Waals surface area contributed by atoms with Gasteiger partial charge in [-0.2, -0.15) is 10.2 Å². The minimum atomic E-state index is 0.0905. The SMILES string of the molecule is Cc1n[nH]c(C)c1C(=O)N1CC2CN(c3cc(-n4cccn4)ncn3)CC2C1. The number of hydrogen-bond acceptors (Lipinski definition) is 6. The summed E-state index contributed by atoms with van der Waals surface area (Å²) < 4.78 is 1.73. The van der Waals surface area contributed by atoms with E-state index in [9.17, 15) is 4.79 Å². The third-order valence-corrected chi connectivity index (χ3v) is 5.82. The van der Waals surface area contributed by atoms with Crippen LogP contribution in [0.3, 0.4) is 0 Å². The first kappa shape index (κ1) is 16.9. The molecule has 2 aliphatic rings. The molecule has 0 spiro atoms. The van der Waals surface area contributed by atoms with Gasteiger partial charge in [-0.1, -0.05) is 0 Å². The maximum absolute atomic E-state index is 12.9. The molecule has 0 saturated carbocycles. The average molecular weight is 378 g/mol. The van der Waals surface area contributed by atoms with Gasteiger partial charge in [0.1, 0.15) is 12.1 Å². The minimum absolute atomic E-state index is 0.0905. The molecule has 9 heteroatoms. The van der Waals surface area contributed by atoms with Crippen LogP contribution in [0.25, 0.3) is 5.82 Å². The predicted molar refractivity (Wildman–Crippen MR) is 102 cm³/mol. The second-order valence-corrected chi connectivity index (χ2v) is 7.63. The lowest BCUT2D eigenvalue weighted by Gasteiger charge is -2.22. The number of likely N-dealkylation sites (tertiary alicyclic amines) is 1. The lowest BCUT2D eigenvalue weighted by molar-refractivity contribution is 0.0781. The van der Waals surface area contributed by atoms with Crippen molar-refractivity contribution in [3.05, 3.63) is 47.8 Å². The largest absolute Gasteiger partial charge is 0.356 e. The van der Waals surface area contributed by atoms with Crippen molar-refractivity contribution in [1.82, 2.24) is 34.8 Å². The number of aromatic amines is 1. The van der Waals surface area contributed by atoms with Gasteiger partial charge in [-0.15, -0.1) is 0 Å². The van der Waals surface area contributed by atoms with Gasteiger partial charge in [0, 0.05) is 62.2 Å². The maximum atomic E-state index is 12.9. The molecule has 9 nitrogen and oxygen atoms in total. The number of carbonyl (C=O) groups excluding carboxylic acids is 1. The lowest BCUT2D eigenvalue weighted by Crippen LogP contribution is -2.34. The molecule has 1 N–H and O–H groups in total. The fourth-order valence-corrected chi connectivity index (χ4v) is 4.41. The average Bonchev–Trinajstić information content (AvgIpc) is 3.46. The number of nitrogens with zero attached hydrogens (tertiary/aromatic N) is 7. The Labute approximate surface area is 162 Å². The smallest absolute Gasteiger partial charge is 0.257 e. The van der Waals surface area contributed by atoms with E-state index in [-0.39, 0.29) is 5.91 Å².